The van der Waals surface area contributed by atoms with Crippen molar-refractivity contribution in [2.75, 3.05) is 12.3 Å². The van der Waals surface area contributed by atoms with Gasteiger partial charge in [-0.2, -0.15) is 0 Å². The van der Waals surface area contributed by atoms with Gasteiger partial charge in [-0.1, -0.05) is 11.8 Å². The first-order chi connectivity index (χ1) is 9.78. The van der Waals surface area contributed by atoms with Crippen molar-refractivity contribution < 1.29 is 4.79 Å². The highest BCUT2D eigenvalue weighted by molar-refractivity contribution is 8.00. The first kappa shape index (κ1) is 19.2. The van der Waals surface area contributed by atoms with E-state index in [2.05, 4.69) is 29.1 Å². The molecule has 5 nitrogen and oxygen atoms in total. The van der Waals surface area contributed by atoms with Gasteiger partial charge in [-0.05, 0) is 33.3 Å². The van der Waals surface area contributed by atoms with E-state index in [4.69, 9.17) is 5.73 Å². The number of nitrogens with one attached hydrogen (secondary N) is 1. The molecule has 2 rings (SSSR count). The number of aryl methyl sites for hydroxylation is 2. The first-order valence-corrected chi connectivity index (χ1v) is 8.47. The normalized spacial score (nSPS) is 11.3. The second kappa shape index (κ2) is 7.59. The Bertz CT molecular complexity index is 667. The smallest absolute Gasteiger partial charge is 0.230 e. The van der Waals surface area contributed by atoms with Crippen molar-refractivity contribution in [3.05, 3.63) is 16.8 Å². The van der Waals surface area contributed by atoms with Crippen LogP contribution in [0.5, 0.6) is 0 Å². The van der Waals surface area contributed by atoms with E-state index in [1.54, 1.807) is 17.7 Å². The van der Waals surface area contributed by atoms with Crippen molar-refractivity contribution >= 4 is 51.6 Å². The number of rotatable bonds is 5. The molecule has 0 saturated carbocycles. The molecule has 0 aliphatic heterocycles. The van der Waals surface area contributed by atoms with Gasteiger partial charge in [0.15, 0.2) is 0 Å². The molecular weight excluding hydrogens is 340 g/mol. The van der Waals surface area contributed by atoms with Gasteiger partial charge in [0.1, 0.15) is 16.2 Å². The van der Waals surface area contributed by atoms with Crippen molar-refractivity contribution in [2.24, 2.45) is 5.73 Å². The highest BCUT2D eigenvalue weighted by atomic mass is 35.5. The lowest BCUT2D eigenvalue weighted by Gasteiger charge is -2.18. The van der Waals surface area contributed by atoms with Gasteiger partial charge in [-0.15, -0.1) is 23.7 Å². The van der Waals surface area contributed by atoms with Gasteiger partial charge in [0, 0.05) is 22.3 Å². The Morgan fingerprint density at radius 3 is 2.73 bits per heavy atom. The Hall–Kier alpha value is -0.890. The molecule has 0 atom stereocenters. The number of thiophene rings is 1. The number of nitrogens with two attached hydrogens (primary N) is 1. The monoisotopic (exact) mass is 360 g/mol. The van der Waals surface area contributed by atoms with E-state index in [-0.39, 0.29) is 18.3 Å². The van der Waals surface area contributed by atoms with Crippen LogP contribution in [-0.4, -0.2) is 33.7 Å². The highest BCUT2D eigenvalue weighted by Crippen LogP contribution is 2.34. The number of amides is 1. The summed E-state index contributed by atoms with van der Waals surface area (Å²) in [5.74, 6) is 0.297. The molecule has 0 unspecified atom stereocenters. The maximum Gasteiger partial charge on any atom is 0.230 e. The van der Waals surface area contributed by atoms with Crippen LogP contribution in [0.2, 0.25) is 0 Å². The van der Waals surface area contributed by atoms with E-state index in [0.29, 0.717) is 12.3 Å². The molecule has 0 fully saturated rings. The summed E-state index contributed by atoms with van der Waals surface area (Å²) in [4.78, 5) is 22.7. The Labute approximate surface area is 144 Å². The van der Waals surface area contributed by atoms with Crippen LogP contribution in [0.4, 0.5) is 0 Å². The van der Waals surface area contributed by atoms with Crippen LogP contribution in [0.15, 0.2) is 11.4 Å². The number of fused-ring (bicyclic) bond motifs is 1. The number of aromatic nitrogens is 2. The Morgan fingerprint density at radius 1 is 1.41 bits per heavy atom. The molecule has 8 heteroatoms. The third kappa shape index (κ3) is 4.81. The van der Waals surface area contributed by atoms with Crippen LogP contribution in [0, 0.1) is 13.8 Å². The second-order valence-electron chi connectivity index (χ2n) is 5.70. The fourth-order valence-corrected chi connectivity index (χ4v) is 3.72. The largest absolute Gasteiger partial charge is 0.354 e. The minimum atomic E-state index is -0.399. The van der Waals surface area contributed by atoms with Gasteiger partial charge in [0.25, 0.3) is 0 Å². The van der Waals surface area contributed by atoms with Crippen LogP contribution >= 0.6 is 35.5 Å². The zero-order valence-electron chi connectivity index (χ0n) is 13.1. The topological polar surface area (TPSA) is 80.9 Å². The van der Waals surface area contributed by atoms with Crippen LogP contribution in [0.1, 0.15) is 24.3 Å². The molecule has 0 aliphatic rings. The average molecular weight is 361 g/mol. The lowest BCUT2D eigenvalue weighted by molar-refractivity contribution is -0.118. The molecule has 0 aromatic carbocycles. The van der Waals surface area contributed by atoms with Crippen molar-refractivity contribution in [1.29, 1.82) is 0 Å². The van der Waals surface area contributed by atoms with Crippen LogP contribution < -0.4 is 11.1 Å². The summed E-state index contributed by atoms with van der Waals surface area (Å²) in [5, 5.41) is 4.77. The van der Waals surface area contributed by atoms with Gasteiger partial charge in [0.05, 0.1) is 5.75 Å². The summed E-state index contributed by atoms with van der Waals surface area (Å²) >= 11 is 3.10. The molecule has 0 bridgehead atoms. The quantitative estimate of drug-likeness (QED) is 0.632. The van der Waals surface area contributed by atoms with Gasteiger partial charge < -0.3 is 11.1 Å². The molecule has 1 amide bonds. The SMILES string of the molecule is Cc1sc2ncnc(SCC(=O)NCC(C)(C)N)c2c1C.Cl. The third-order valence-electron chi connectivity index (χ3n) is 3.01. The van der Waals surface area contributed by atoms with Gasteiger partial charge >= 0.3 is 0 Å². The average Bonchev–Trinajstić information content (AvgIpc) is 2.69. The zero-order valence-corrected chi connectivity index (χ0v) is 15.5. The molecule has 0 spiro atoms. The van der Waals surface area contributed by atoms with E-state index >= 15 is 0 Å². The predicted molar refractivity (Wildman–Crippen MR) is 96.1 cm³/mol. The lowest BCUT2D eigenvalue weighted by atomic mass is 10.1. The summed E-state index contributed by atoms with van der Waals surface area (Å²) in [5.41, 5.74) is 6.64. The van der Waals surface area contributed by atoms with Gasteiger partial charge in [-0.25, -0.2) is 9.97 Å². The van der Waals surface area contributed by atoms with E-state index in [9.17, 15) is 4.79 Å². The number of halogens is 1. The maximum atomic E-state index is 11.9. The highest BCUT2D eigenvalue weighted by Gasteiger charge is 2.15. The van der Waals surface area contributed by atoms with Gasteiger partial charge in [0.2, 0.25) is 5.91 Å². The second-order valence-corrected chi connectivity index (χ2v) is 7.86. The number of nitrogens with zero attached hydrogens (tertiary/aromatic N) is 2. The standard InChI is InChI=1S/C14H20N4OS2.ClH/c1-8-9(2)21-13-11(8)12(17-7-18-13)20-5-10(19)16-6-14(3,4)15;/h7H,5-6,15H2,1-4H3,(H,16,19);1H. The van der Waals surface area contributed by atoms with Gasteiger partial charge in [-0.3, -0.25) is 4.79 Å². The number of carbonyl (C=O) groups excluding carboxylic acids is 1. The molecule has 22 heavy (non-hydrogen) atoms. The van der Waals surface area contributed by atoms with Crippen LogP contribution in [0.3, 0.4) is 0 Å². The summed E-state index contributed by atoms with van der Waals surface area (Å²) in [7, 11) is 0. The van der Waals surface area contributed by atoms with E-state index in [1.165, 1.54) is 22.2 Å². The van der Waals surface area contributed by atoms with Crippen molar-refractivity contribution in [3.63, 3.8) is 0 Å². The Morgan fingerprint density at radius 2 is 2.09 bits per heavy atom. The predicted octanol–water partition coefficient (Wildman–Crippen LogP) is 2.68. The number of hydrogen-bond acceptors (Lipinski definition) is 6. The lowest BCUT2D eigenvalue weighted by Crippen LogP contribution is -2.45. The number of thioether (sulfide) groups is 1. The van der Waals surface area contributed by atoms with Crippen molar-refractivity contribution in [3.8, 4) is 0 Å². The number of carbonyl (C=O) groups is 1. The molecule has 122 valence electrons. The molecule has 3 N–H and O–H groups in total. The summed E-state index contributed by atoms with van der Waals surface area (Å²) < 4.78 is 0. The minimum absolute atomic E-state index is 0. The van der Waals surface area contributed by atoms with Crippen LogP contribution in [-0.2, 0) is 4.79 Å². The molecule has 2 heterocycles. The molecule has 0 aliphatic carbocycles. The molecule has 0 saturated heterocycles. The molecule has 2 aromatic heterocycles. The third-order valence-corrected chi connectivity index (χ3v) is 5.12. The molecule has 0 radical (unpaired) electrons. The van der Waals surface area contributed by atoms with E-state index < -0.39 is 5.54 Å². The van der Waals surface area contributed by atoms with Crippen LogP contribution in [0.25, 0.3) is 10.2 Å². The summed E-state index contributed by atoms with van der Waals surface area (Å²) in [6, 6.07) is 0. The number of hydrogen-bond donors (Lipinski definition) is 2. The van der Waals surface area contributed by atoms with E-state index in [0.717, 1.165) is 15.2 Å². The summed E-state index contributed by atoms with van der Waals surface area (Å²) in [6.45, 7) is 8.37. The minimum Gasteiger partial charge on any atom is -0.354 e. The van der Waals surface area contributed by atoms with Crippen molar-refractivity contribution in [2.45, 2.75) is 38.3 Å². The first-order valence-electron chi connectivity index (χ1n) is 6.67. The molecular formula is C14H21ClN4OS2. The van der Waals surface area contributed by atoms with E-state index in [1.807, 2.05) is 13.8 Å². The maximum absolute atomic E-state index is 11.9. The summed E-state index contributed by atoms with van der Waals surface area (Å²) in [6.07, 6.45) is 1.56. The molecule has 2 aromatic rings. The fourth-order valence-electron chi connectivity index (χ4n) is 1.77. The Kier molecular flexibility index (Phi) is 6.61. The zero-order chi connectivity index (χ0) is 15.6. The fraction of sp³-hybridized carbons (Fsp3) is 0.500. The van der Waals surface area contributed by atoms with Crippen molar-refractivity contribution in [1.82, 2.24) is 15.3 Å². The Balaban J connectivity index is 0.00000242.